The molecule has 0 radical (unpaired) electrons. The smallest absolute Gasteiger partial charge is 0.335 e. The molecular formula is C32H37N7O3S. The topological polar surface area (TPSA) is 98.4 Å². The van der Waals surface area contributed by atoms with E-state index in [1.165, 1.54) is 22.2 Å². The summed E-state index contributed by atoms with van der Waals surface area (Å²) in [5.74, 6) is 0.464. The molecule has 224 valence electrons. The van der Waals surface area contributed by atoms with Crippen LogP contribution in [0.3, 0.4) is 0 Å². The van der Waals surface area contributed by atoms with Crippen LogP contribution in [0.1, 0.15) is 30.1 Å². The molecule has 0 saturated carbocycles. The summed E-state index contributed by atoms with van der Waals surface area (Å²) >= 11 is -0.750. The molecule has 5 aromatic rings. The third kappa shape index (κ3) is 5.72. The lowest BCUT2D eigenvalue weighted by atomic mass is 9.86. The molecule has 1 atom stereocenters. The van der Waals surface area contributed by atoms with Gasteiger partial charge in [-0.25, -0.2) is 4.68 Å². The highest BCUT2D eigenvalue weighted by Crippen LogP contribution is 2.42. The number of hydrogen-bond acceptors (Lipinski definition) is 8. The molecule has 0 aliphatic carbocycles. The molecule has 0 unspecified atom stereocenters. The van der Waals surface area contributed by atoms with Crippen molar-refractivity contribution >= 4 is 39.2 Å². The predicted octanol–water partition coefficient (Wildman–Crippen LogP) is 4.39. The van der Waals surface area contributed by atoms with E-state index in [1.54, 1.807) is 0 Å². The maximum absolute atomic E-state index is 8.29. The highest BCUT2D eigenvalue weighted by Gasteiger charge is 2.31. The van der Waals surface area contributed by atoms with E-state index in [4.69, 9.17) is 18.1 Å². The van der Waals surface area contributed by atoms with Gasteiger partial charge in [-0.05, 0) is 62.6 Å². The molecule has 0 amide bonds. The van der Waals surface area contributed by atoms with Gasteiger partial charge < -0.3 is 19.1 Å². The lowest BCUT2D eigenvalue weighted by molar-refractivity contribution is 0.0553. The van der Waals surface area contributed by atoms with Crippen molar-refractivity contribution in [3.05, 3.63) is 72.1 Å². The molecule has 11 heteroatoms. The summed E-state index contributed by atoms with van der Waals surface area (Å²) in [5, 5.41) is 9.79. The molecule has 2 fully saturated rings. The Labute approximate surface area is 254 Å². The van der Waals surface area contributed by atoms with Crippen LogP contribution in [0.5, 0.6) is 0 Å². The van der Waals surface area contributed by atoms with Crippen LogP contribution in [0.4, 0.5) is 5.69 Å². The first-order valence-electron chi connectivity index (χ1n) is 14.8. The quantitative estimate of drug-likeness (QED) is 0.294. The summed E-state index contributed by atoms with van der Waals surface area (Å²) in [6, 6.07) is 20.5. The van der Waals surface area contributed by atoms with Gasteiger partial charge in [0.15, 0.2) is 0 Å². The summed E-state index contributed by atoms with van der Waals surface area (Å²) in [4.78, 5) is 10.0. The Bertz CT molecular complexity index is 1730. The number of pyridine rings is 1. The van der Waals surface area contributed by atoms with Gasteiger partial charge in [-0.15, -0.1) is 5.10 Å². The first-order chi connectivity index (χ1) is 21.0. The molecule has 0 spiro atoms. The second-order valence-electron chi connectivity index (χ2n) is 11.5. The van der Waals surface area contributed by atoms with Gasteiger partial charge in [0, 0.05) is 69.3 Å². The first kappa shape index (κ1) is 29.2. The van der Waals surface area contributed by atoms with Gasteiger partial charge in [0.25, 0.3) is 0 Å². The predicted molar refractivity (Wildman–Crippen MR) is 169 cm³/mol. The minimum Gasteiger partial charge on any atom is -0.381 e. The van der Waals surface area contributed by atoms with Crippen molar-refractivity contribution in [1.82, 2.24) is 29.4 Å². The minimum absolute atomic E-state index is 0.177. The third-order valence-electron chi connectivity index (χ3n) is 8.89. The Balaban J connectivity index is 0.00000105. The number of hydrogen-bond donors (Lipinski definition) is 0. The van der Waals surface area contributed by atoms with E-state index in [-0.39, 0.29) is 6.04 Å². The van der Waals surface area contributed by atoms with Crippen LogP contribution in [0, 0.1) is 12.8 Å². The molecule has 2 aromatic carbocycles. The average Bonchev–Trinajstić information content (AvgIpc) is 3.54. The number of aryl methyl sites for hydroxylation is 2. The summed E-state index contributed by atoms with van der Waals surface area (Å²) < 4.78 is 26.9. The minimum atomic E-state index is -0.750. The van der Waals surface area contributed by atoms with Crippen molar-refractivity contribution in [2.24, 2.45) is 13.0 Å². The zero-order chi connectivity index (χ0) is 29.9. The van der Waals surface area contributed by atoms with E-state index in [1.807, 2.05) is 24.9 Å². The number of likely N-dealkylation sites (N-methyl/N-ethyl adjacent to an activating group) is 1. The van der Waals surface area contributed by atoms with Crippen molar-refractivity contribution in [3.63, 3.8) is 0 Å². The molecule has 7 rings (SSSR count). The molecule has 10 nitrogen and oxygen atoms in total. The van der Waals surface area contributed by atoms with Gasteiger partial charge in [-0.2, -0.15) is 8.42 Å². The monoisotopic (exact) mass is 599 g/mol. The number of aromatic nitrogens is 5. The third-order valence-corrected chi connectivity index (χ3v) is 8.89. The zero-order valence-corrected chi connectivity index (χ0v) is 25.7. The number of benzene rings is 2. The molecule has 2 aliphatic heterocycles. The summed E-state index contributed by atoms with van der Waals surface area (Å²) in [6.45, 7) is 7.87. The molecule has 3 aromatic heterocycles. The number of rotatable bonds is 5. The van der Waals surface area contributed by atoms with Crippen LogP contribution < -0.4 is 4.90 Å². The maximum atomic E-state index is 8.29. The largest absolute Gasteiger partial charge is 0.381 e. The van der Waals surface area contributed by atoms with Gasteiger partial charge >= 0.3 is 11.6 Å². The molecule has 2 saturated heterocycles. The van der Waals surface area contributed by atoms with Crippen LogP contribution >= 0.6 is 0 Å². The summed E-state index contributed by atoms with van der Waals surface area (Å²) in [5.41, 5.74) is 9.03. The van der Waals surface area contributed by atoms with Crippen molar-refractivity contribution < 1.29 is 13.2 Å². The number of piperazine rings is 1. The van der Waals surface area contributed by atoms with Gasteiger partial charge in [0.2, 0.25) is 0 Å². The van der Waals surface area contributed by atoms with Crippen molar-refractivity contribution in [3.8, 4) is 11.3 Å². The van der Waals surface area contributed by atoms with Crippen LogP contribution in [-0.4, -0.2) is 84.3 Å². The van der Waals surface area contributed by atoms with Gasteiger partial charge in [0.05, 0.1) is 34.0 Å². The van der Waals surface area contributed by atoms with Crippen LogP contribution in [0.2, 0.25) is 0 Å². The Morgan fingerprint density at radius 1 is 0.930 bits per heavy atom. The Hall–Kier alpha value is -3.93. The normalized spacial score (nSPS) is 17.1. The Morgan fingerprint density at radius 3 is 2.33 bits per heavy atom. The maximum Gasteiger partial charge on any atom is 0.335 e. The highest BCUT2D eigenvalue weighted by molar-refractivity contribution is 7.51. The van der Waals surface area contributed by atoms with E-state index >= 15 is 0 Å². The first-order valence-corrected chi connectivity index (χ1v) is 15.4. The molecule has 5 heterocycles. The second kappa shape index (κ2) is 12.7. The number of ether oxygens (including phenoxy) is 1. The average molecular weight is 600 g/mol. The second-order valence-corrected chi connectivity index (χ2v) is 11.6. The van der Waals surface area contributed by atoms with Gasteiger partial charge in [-0.3, -0.25) is 4.98 Å². The van der Waals surface area contributed by atoms with E-state index in [0.717, 1.165) is 80.2 Å². The van der Waals surface area contributed by atoms with Crippen LogP contribution in [0.15, 0.2) is 60.8 Å². The Morgan fingerprint density at radius 2 is 1.65 bits per heavy atom. The van der Waals surface area contributed by atoms with Crippen molar-refractivity contribution in [2.45, 2.75) is 25.8 Å². The number of nitrogens with zero attached hydrogens (tertiary/aromatic N) is 7. The van der Waals surface area contributed by atoms with E-state index in [9.17, 15) is 0 Å². The zero-order valence-electron chi connectivity index (χ0n) is 24.8. The molecule has 43 heavy (non-hydrogen) atoms. The molecule has 2 aliphatic rings. The van der Waals surface area contributed by atoms with Crippen molar-refractivity contribution in [2.75, 3.05) is 51.3 Å². The lowest BCUT2D eigenvalue weighted by Crippen LogP contribution is -2.44. The van der Waals surface area contributed by atoms with Crippen LogP contribution in [0.25, 0.3) is 33.2 Å². The molecule has 0 bridgehead atoms. The molecular weight excluding hydrogens is 562 g/mol. The van der Waals surface area contributed by atoms with Crippen LogP contribution in [-0.2, 0) is 23.4 Å². The fraction of sp³-hybridized carbons (Fsp3) is 0.406. The van der Waals surface area contributed by atoms with E-state index in [2.05, 4.69) is 86.3 Å². The van der Waals surface area contributed by atoms with Gasteiger partial charge in [-0.1, -0.05) is 35.5 Å². The SMILES string of the molecule is Cc1nnn(C)c1-c1cnc2c3ccc(N4CCN(C)CC4)cc3n([C@H](c3ccccc3)C3CCOCC3)c2c1.O=S=O. The fourth-order valence-electron chi connectivity index (χ4n) is 6.75. The summed E-state index contributed by atoms with van der Waals surface area (Å²) in [6.07, 6.45) is 4.06. The van der Waals surface area contributed by atoms with Crippen molar-refractivity contribution in [1.29, 1.82) is 0 Å². The van der Waals surface area contributed by atoms with E-state index in [0.29, 0.717) is 5.92 Å². The highest BCUT2D eigenvalue weighted by atomic mass is 32.1. The van der Waals surface area contributed by atoms with E-state index < -0.39 is 11.6 Å². The standard InChI is InChI=1S/C32H37N7O.O2S/c1-22-31(37(3)35-34-22)25-19-29-30(33-21-25)27-10-9-26(38-15-13-36(2)14-16-38)20-28(27)39(29)32(23-7-5-4-6-8-23)24-11-17-40-18-12-24;1-3-2/h4-10,19-21,24,32H,11-18H2,1-3H3;/t32-;/m1./s1. The number of fused-ring (bicyclic) bond motifs is 3. The number of anilines is 1. The summed E-state index contributed by atoms with van der Waals surface area (Å²) in [7, 11) is 4.16. The lowest BCUT2D eigenvalue weighted by Gasteiger charge is -2.35. The van der Waals surface area contributed by atoms with Gasteiger partial charge in [0.1, 0.15) is 0 Å². The fourth-order valence-corrected chi connectivity index (χ4v) is 6.75. The Kier molecular flexibility index (Phi) is 8.64. The molecule has 0 N–H and O–H groups in total.